The molecule has 16 heavy (non-hydrogen) atoms. The molecular formula is C11H15N3OS. The molecule has 1 aromatic heterocycles. The first-order valence-electron chi connectivity index (χ1n) is 5.44. The SMILES string of the molecule is CCCC(=S)CN1CNC(=O)c2[nH]ccc21. The lowest BCUT2D eigenvalue weighted by atomic mass is 10.2. The molecule has 2 rings (SSSR count). The molecule has 86 valence electrons. The molecule has 0 saturated carbocycles. The molecule has 0 unspecified atom stereocenters. The Morgan fingerprint density at radius 3 is 3.19 bits per heavy atom. The number of fused-ring (bicyclic) bond motifs is 1. The van der Waals surface area contributed by atoms with Crippen molar-refractivity contribution < 1.29 is 4.79 Å². The first-order chi connectivity index (χ1) is 7.72. The predicted octanol–water partition coefficient (Wildman–Crippen LogP) is 1.69. The molecule has 5 heteroatoms. The summed E-state index contributed by atoms with van der Waals surface area (Å²) in [4.78, 5) is 17.6. The normalized spacial score (nSPS) is 14.6. The summed E-state index contributed by atoms with van der Waals surface area (Å²) in [5.41, 5.74) is 1.58. The molecule has 1 amide bonds. The quantitative estimate of drug-likeness (QED) is 0.783. The van der Waals surface area contributed by atoms with Crippen LogP contribution in [0.3, 0.4) is 0 Å². The van der Waals surface area contributed by atoms with Crippen molar-refractivity contribution in [1.29, 1.82) is 0 Å². The maximum absolute atomic E-state index is 11.5. The van der Waals surface area contributed by atoms with E-state index in [0.29, 0.717) is 12.4 Å². The lowest BCUT2D eigenvalue weighted by Crippen LogP contribution is -2.45. The Kier molecular flexibility index (Phi) is 3.24. The fraction of sp³-hybridized carbons (Fsp3) is 0.455. The second-order valence-electron chi connectivity index (χ2n) is 3.89. The molecule has 1 aromatic rings. The Morgan fingerprint density at radius 1 is 1.62 bits per heavy atom. The molecule has 0 spiro atoms. The number of aromatic nitrogens is 1. The monoisotopic (exact) mass is 237 g/mol. The van der Waals surface area contributed by atoms with Gasteiger partial charge < -0.3 is 15.2 Å². The van der Waals surface area contributed by atoms with E-state index in [0.717, 1.165) is 29.9 Å². The summed E-state index contributed by atoms with van der Waals surface area (Å²) < 4.78 is 0. The van der Waals surface area contributed by atoms with Crippen molar-refractivity contribution in [2.75, 3.05) is 18.1 Å². The van der Waals surface area contributed by atoms with Gasteiger partial charge in [0.05, 0.1) is 18.9 Å². The lowest BCUT2D eigenvalue weighted by Gasteiger charge is -2.29. The summed E-state index contributed by atoms with van der Waals surface area (Å²) >= 11 is 5.30. The highest BCUT2D eigenvalue weighted by atomic mass is 32.1. The molecule has 0 saturated heterocycles. The topological polar surface area (TPSA) is 48.1 Å². The van der Waals surface area contributed by atoms with Gasteiger partial charge in [-0.1, -0.05) is 25.6 Å². The number of hydrogen-bond donors (Lipinski definition) is 2. The van der Waals surface area contributed by atoms with Crippen LogP contribution in [-0.4, -0.2) is 29.0 Å². The van der Waals surface area contributed by atoms with Gasteiger partial charge in [0.25, 0.3) is 5.91 Å². The van der Waals surface area contributed by atoms with Gasteiger partial charge in [-0.2, -0.15) is 0 Å². The van der Waals surface area contributed by atoms with Crippen LogP contribution >= 0.6 is 12.2 Å². The number of aromatic amines is 1. The zero-order valence-electron chi connectivity index (χ0n) is 9.25. The van der Waals surface area contributed by atoms with Gasteiger partial charge in [-0.25, -0.2) is 0 Å². The number of rotatable bonds is 4. The lowest BCUT2D eigenvalue weighted by molar-refractivity contribution is 0.0944. The molecule has 2 heterocycles. The molecule has 0 aliphatic carbocycles. The van der Waals surface area contributed by atoms with E-state index in [9.17, 15) is 4.79 Å². The van der Waals surface area contributed by atoms with Gasteiger partial charge >= 0.3 is 0 Å². The maximum Gasteiger partial charge on any atom is 0.271 e. The highest BCUT2D eigenvalue weighted by Crippen LogP contribution is 2.22. The van der Waals surface area contributed by atoms with E-state index in [4.69, 9.17) is 12.2 Å². The first-order valence-corrected chi connectivity index (χ1v) is 5.85. The van der Waals surface area contributed by atoms with Crippen molar-refractivity contribution in [3.63, 3.8) is 0 Å². The summed E-state index contributed by atoms with van der Waals surface area (Å²) in [5.74, 6) is -0.0438. The van der Waals surface area contributed by atoms with Gasteiger partial charge in [-0.15, -0.1) is 0 Å². The Labute approximate surface area is 100 Å². The van der Waals surface area contributed by atoms with Crippen LogP contribution in [0.5, 0.6) is 0 Å². The Hall–Kier alpha value is -1.36. The van der Waals surface area contributed by atoms with E-state index in [1.165, 1.54) is 0 Å². The molecule has 0 fully saturated rings. The number of carbonyl (C=O) groups excluding carboxylic acids is 1. The number of amides is 1. The van der Waals surface area contributed by atoms with Crippen molar-refractivity contribution in [3.8, 4) is 0 Å². The van der Waals surface area contributed by atoms with Crippen molar-refractivity contribution in [1.82, 2.24) is 10.3 Å². The van der Waals surface area contributed by atoms with Crippen LogP contribution in [0, 0.1) is 0 Å². The van der Waals surface area contributed by atoms with E-state index >= 15 is 0 Å². The highest BCUT2D eigenvalue weighted by Gasteiger charge is 2.23. The standard InChI is InChI=1S/C11H15N3OS/c1-2-3-8(16)6-14-7-13-11(15)10-9(14)4-5-12-10/h4-5,12H,2-3,6-7H2,1H3,(H,13,15). The predicted molar refractivity (Wildman–Crippen MR) is 68.0 cm³/mol. The largest absolute Gasteiger partial charge is 0.355 e. The maximum atomic E-state index is 11.5. The molecule has 1 aliphatic rings. The van der Waals surface area contributed by atoms with Crippen molar-refractivity contribution >= 4 is 28.7 Å². The van der Waals surface area contributed by atoms with Gasteiger partial charge in [0.2, 0.25) is 0 Å². The Morgan fingerprint density at radius 2 is 2.44 bits per heavy atom. The molecular weight excluding hydrogens is 222 g/mol. The van der Waals surface area contributed by atoms with Crippen molar-refractivity contribution in [2.45, 2.75) is 19.8 Å². The number of anilines is 1. The summed E-state index contributed by atoms with van der Waals surface area (Å²) in [6, 6.07) is 1.92. The van der Waals surface area contributed by atoms with Gasteiger partial charge in [-0.05, 0) is 12.5 Å². The van der Waals surface area contributed by atoms with Crippen LogP contribution in [0.15, 0.2) is 12.3 Å². The van der Waals surface area contributed by atoms with E-state index < -0.39 is 0 Å². The van der Waals surface area contributed by atoms with Crippen LogP contribution in [-0.2, 0) is 0 Å². The summed E-state index contributed by atoms with van der Waals surface area (Å²) in [6.07, 6.45) is 3.81. The Bertz CT molecular complexity index is 413. The molecule has 1 aliphatic heterocycles. The minimum Gasteiger partial charge on any atom is -0.355 e. The third kappa shape index (κ3) is 2.09. The van der Waals surface area contributed by atoms with Crippen LogP contribution in [0.1, 0.15) is 30.3 Å². The smallest absolute Gasteiger partial charge is 0.271 e. The van der Waals surface area contributed by atoms with Gasteiger partial charge in [0.15, 0.2) is 0 Å². The molecule has 2 N–H and O–H groups in total. The zero-order chi connectivity index (χ0) is 11.5. The summed E-state index contributed by atoms with van der Waals surface area (Å²) in [5, 5.41) is 2.82. The average Bonchev–Trinajstić information content (AvgIpc) is 2.72. The van der Waals surface area contributed by atoms with E-state index in [1.54, 1.807) is 6.20 Å². The average molecular weight is 237 g/mol. The van der Waals surface area contributed by atoms with Crippen molar-refractivity contribution in [3.05, 3.63) is 18.0 Å². The van der Waals surface area contributed by atoms with E-state index in [2.05, 4.69) is 22.1 Å². The number of thiocarbonyl (C=S) groups is 1. The molecule has 0 aromatic carbocycles. The van der Waals surface area contributed by atoms with Crippen LogP contribution < -0.4 is 10.2 Å². The minimum absolute atomic E-state index is 0.0438. The fourth-order valence-corrected chi connectivity index (χ4v) is 2.22. The van der Waals surface area contributed by atoms with E-state index in [1.807, 2.05) is 6.07 Å². The first kappa shape index (κ1) is 11.1. The minimum atomic E-state index is -0.0438. The van der Waals surface area contributed by atoms with Gasteiger partial charge in [0, 0.05) is 11.1 Å². The fourth-order valence-electron chi connectivity index (χ4n) is 1.86. The zero-order valence-corrected chi connectivity index (χ0v) is 10.1. The third-order valence-corrected chi connectivity index (χ3v) is 2.95. The summed E-state index contributed by atoms with van der Waals surface area (Å²) in [6.45, 7) is 3.38. The third-order valence-electron chi connectivity index (χ3n) is 2.62. The summed E-state index contributed by atoms with van der Waals surface area (Å²) in [7, 11) is 0. The second-order valence-corrected chi connectivity index (χ2v) is 4.47. The van der Waals surface area contributed by atoms with Crippen molar-refractivity contribution in [2.24, 2.45) is 0 Å². The van der Waals surface area contributed by atoms with Gasteiger partial charge in [-0.3, -0.25) is 4.79 Å². The van der Waals surface area contributed by atoms with Gasteiger partial charge in [0.1, 0.15) is 5.69 Å². The van der Waals surface area contributed by atoms with Crippen LogP contribution in [0.4, 0.5) is 5.69 Å². The number of H-pyrrole nitrogens is 1. The van der Waals surface area contributed by atoms with E-state index in [-0.39, 0.29) is 5.91 Å². The van der Waals surface area contributed by atoms with Crippen LogP contribution in [0.25, 0.3) is 0 Å². The van der Waals surface area contributed by atoms with Crippen LogP contribution in [0.2, 0.25) is 0 Å². The number of hydrogen-bond acceptors (Lipinski definition) is 3. The number of nitrogens with zero attached hydrogens (tertiary/aromatic N) is 1. The highest BCUT2D eigenvalue weighted by molar-refractivity contribution is 7.80. The molecule has 4 nitrogen and oxygen atoms in total. The number of nitrogens with one attached hydrogen (secondary N) is 2. The molecule has 0 radical (unpaired) electrons. The second kappa shape index (κ2) is 4.65. The Balaban J connectivity index is 2.11. The molecule has 0 atom stereocenters. The number of carbonyl (C=O) groups is 1. The molecule has 0 bridgehead atoms.